The summed E-state index contributed by atoms with van der Waals surface area (Å²) in [4.78, 5) is 30.3. The summed E-state index contributed by atoms with van der Waals surface area (Å²) < 4.78 is 42.4. The summed E-state index contributed by atoms with van der Waals surface area (Å²) >= 11 is 0. The van der Waals surface area contributed by atoms with Crippen LogP contribution >= 0.6 is 0 Å². The third kappa shape index (κ3) is 5.69. The van der Waals surface area contributed by atoms with Crippen LogP contribution in [0.5, 0.6) is 0 Å². The lowest BCUT2D eigenvalue weighted by molar-refractivity contribution is -0.192. The van der Waals surface area contributed by atoms with E-state index in [4.69, 9.17) is 18.8 Å². The van der Waals surface area contributed by atoms with Gasteiger partial charge >= 0.3 is 12.1 Å². The monoisotopic (exact) mass is 468 g/mol. The van der Waals surface area contributed by atoms with Crippen LogP contribution in [0.25, 0.3) is 22.4 Å². The van der Waals surface area contributed by atoms with Crippen molar-refractivity contribution in [1.82, 2.24) is 19.9 Å². The zero-order chi connectivity index (χ0) is 24.3. The molecule has 12 heteroatoms. The van der Waals surface area contributed by atoms with E-state index in [1.54, 1.807) is 25.3 Å². The predicted octanol–water partition coefficient (Wildman–Crippen LogP) is 3.59. The maximum absolute atomic E-state index is 12.9. The van der Waals surface area contributed by atoms with Crippen LogP contribution in [0, 0.1) is 6.92 Å². The molecule has 0 unspecified atom stereocenters. The molecule has 1 fully saturated rings. The van der Waals surface area contributed by atoms with E-state index >= 15 is 0 Å². The molecule has 0 bridgehead atoms. The van der Waals surface area contributed by atoms with E-state index in [1.807, 2.05) is 11.0 Å². The number of alkyl halides is 3. The van der Waals surface area contributed by atoms with Crippen LogP contribution in [0.1, 0.15) is 29.1 Å². The van der Waals surface area contributed by atoms with Gasteiger partial charge in [0.25, 0.3) is 5.91 Å². The van der Waals surface area contributed by atoms with Crippen LogP contribution in [0.4, 0.5) is 13.2 Å². The molecule has 9 nitrogen and oxygen atoms in total. The van der Waals surface area contributed by atoms with E-state index in [2.05, 4.69) is 29.1 Å². The summed E-state index contributed by atoms with van der Waals surface area (Å²) in [7, 11) is 4.18. The zero-order valence-corrected chi connectivity index (χ0v) is 18.2. The number of hydrogen-bond donors (Lipinski definition) is 1. The van der Waals surface area contributed by atoms with Crippen molar-refractivity contribution in [3.05, 3.63) is 35.9 Å². The second-order valence-corrected chi connectivity index (χ2v) is 7.78. The largest absolute Gasteiger partial charge is 0.490 e. The summed E-state index contributed by atoms with van der Waals surface area (Å²) in [6.45, 7) is 3.33. The number of fused-ring (bicyclic) bond motifs is 1. The highest BCUT2D eigenvalue weighted by Crippen LogP contribution is 2.29. The van der Waals surface area contributed by atoms with Gasteiger partial charge in [-0.15, -0.1) is 0 Å². The van der Waals surface area contributed by atoms with Crippen molar-refractivity contribution in [2.24, 2.45) is 0 Å². The fraction of sp³-hybridized carbons (Fsp3) is 0.429. The Morgan fingerprint density at radius 1 is 1.21 bits per heavy atom. The molecule has 178 valence electrons. The molecule has 0 atom stereocenters. The van der Waals surface area contributed by atoms with Crippen LogP contribution in [0.3, 0.4) is 0 Å². The number of benzene rings is 1. The Labute approximate surface area is 186 Å². The number of aromatic nitrogens is 2. The Hall–Kier alpha value is -3.41. The Morgan fingerprint density at radius 3 is 2.36 bits per heavy atom. The second kappa shape index (κ2) is 9.61. The van der Waals surface area contributed by atoms with E-state index in [1.165, 1.54) is 0 Å². The lowest BCUT2D eigenvalue weighted by atomic mass is 10.0. The number of aliphatic carboxylic acids is 1. The van der Waals surface area contributed by atoms with Crippen LogP contribution in [-0.2, 0) is 4.79 Å². The van der Waals surface area contributed by atoms with Gasteiger partial charge in [-0.2, -0.15) is 13.2 Å². The van der Waals surface area contributed by atoms with Crippen molar-refractivity contribution < 1.29 is 36.8 Å². The minimum absolute atomic E-state index is 0.0487. The topological polar surface area (TPSA) is 113 Å². The molecule has 3 heterocycles. The molecule has 1 aliphatic rings. The average Bonchev–Trinajstić information content (AvgIpc) is 3.38. The Bertz CT molecular complexity index is 1130. The smallest absolute Gasteiger partial charge is 0.475 e. The first-order chi connectivity index (χ1) is 15.5. The molecule has 0 radical (unpaired) electrons. The first-order valence-electron chi connectivity index (χ1n) is 10.0. The molecular weight excluding hydrogens is 445 g/mol. The normalized spacial score (nSPS) is 14.9. The number of halogens is 3. The van der Waals surface area contributed by atoms with Gasteiger partial charge in [-0.05, 0) is 45.1 Å². The van der Waals surface area contributed by atoms with Crippen molar-refractivity contribution >= 4 is 22.8 Å². The van der Waals surface area contributed by atoms with Gasteiger partial charge in [0.05, 0.1) is 5.39 Å². The quantitative estimate of drug-likeness (QED) is 0.621. The number of rotatable bonds is 3. The van der Waals surface area contributed by atoms with Gasteiger partial charge in [0, 0.05) is 31.6 Å². The maximum atomic E-state index is 12.9. The molecule has 1 N–H and O–H groups in total. The van der Waals surface area contributed by atoms with Crippen molar-refractivity contribution in [3.63, 3.8) is 0 Å². The van der Waals surface area contributed by atoms with E-state index in [0.29, 0.717) is 34.5 Å². The molecule has 0 aliphatic carbocycles. The predicted molar refractivity (Wildman–Crippen MR) is 111 cm³/mol. The highest BCUT2D eigenvalue weighted by molar-refractivity contribution is 6.00. The molecule has 0 saturated carbocycles. The minimum atomic E-state index is -5.08. The van der Waals surface area contributed by atoms with Gasteiger partial charge in [0.15, 0.2) is 11.5 Å². The van der Waals surface area contributed by atoms with E-state index in [-0.39, 0.29) is 5.91 Å². The van der Waals surface area contributed by atoms with Gasteiger partial charge in [-0.1, -0.05) is 5.16 Å². The highest BCUT2D eigenvalue weighted by atomic mass is 19.4. The number of carboxylic acid groups (broad SMARTS) is 1. The molecule has 1 amide bonds. The molecular formula is C21H23F3N4O5. The second-order valence-electron chi connectivity index (χ2n) is 7.78. The van der Waals surface area contributed by atoms with Gasteiger partial charge in [-0.25, -0.2) is 9.78 Å². The molecule has 1 saturated heterocycles. The third-order valence-electron chi connectivity index (χ3n) is 5.30. The number of likely N-dealkylation sites (tertiary alicyclic amines) is 1. The summed E-state index contributed by atoms with van der Waals surface area (Å²) in [5, 5.41) is 12.0. The zero-order valence-electron chi connectivity index (χ0n) is 18.2. The summed E-state index contributed by atoms with van der Waals surface area (Å²) in [5.74, 6) is -2.15. The van der Waals surface area contributed by atoms with Crippen LogP contribution in [0.2, 0.25) is 0 Å². The molecule has 2 aromatic heterocycles. The number of carbonyl (C=O) groups excluding carboxylic acids is 1. The number of aryl methyl sites for hydroxylation is 1. The molecule has 3 aromatic rings. The van der Waals surface area contributed by atoms with E-state index < -0.39 is 12.1 Å². The van der Waals surface area contributed by atoms with E-state index in [0.717, 1.165) is 31.3 Å². The SMILES string of the molecule is Cc1nc(-c2noc3ccc(C(=O)N4CCC(N(C)C)CC4)cc23)co1.O=C(O)C(F)(F)F. The number of carboxylic acids is 1. The van der Waals surface area contributed by atoms with Crippen LogP contribution in [0.15, 0.2) is 33.4 Å². The standard InChI is InChI=1S/C19H22N4O3.C2HF3O2/c1-12-20-16(11-25-12)18-15-10-13(4-5-17(15)26-21-18)19(24)23-8-6-14(7-9-23)22(2)3;3-2(4,5)1(6)7/h4-5,10-11,14H,6-9H2,1-3H3;(H,6,7). The minimum Gasteiger partial charge on any atom is -0.475 e. The van der Waals surface area contributed by atoms with Crippen molar-refractivity contribution in [2.45, 2.75) is 32.0 Å². The molecule has 1 aliphatic heterocycles. The van der Waals surface area contributed by atoms with E-state index in [9.17, 15) is 18.0 Å². The van der Waals surface area contributed by atoms with Crippen molar-refractivity contribution in [2.75, 3.05) is 27.2 Å². The van der Waals surface area contributed by atoms with Crippen LogP contribution < -0.4 is 0 Å². The number of amides is 1. The van der Waals surface area contributed by atoms with Gasteiger partial charge in [0.2, 0.25) is 0 Å². The summed E-state index contributed by atoms with van der Waals surface area (Å²) in [6.07, 6.45) is -1.54. The maximum Gasteiger partial charge on any atom is 0.490 e. The molecule has 33 heavy (non-hydrogen) atoms. The molecule has 1 aromatic carbocycles. The first kappa shape index (κ1) is 24.2. The number of nitrogens with zero attached hydrogens (tertiary/aromatic N) is 4. The lowest BCUT2D eigenvalue weighted by Gasteiger charge is -2.35. The summed E-state index contributed by atoms with van der Waals surface area (Å²) in [6, 6.07) is 5.97. The number of piperidine rings is 1. The van der Waals surface area contributed by atoms with Crippen molar-refractivity contribution in [1.29, 1.82) is 0 Å². The Morgan fingerprint density at radius 2 is 1.85 bits per heavy atom. The third-order valence-corrected chi connectivity index (χ3v) is 5.30. The highest BCUT2D eigenvalue weighted by Gasteiger charge is 2.38. The number of carbonyl (C=O) groups is 2. The fourth-order valence-corrected chi connectivity index (χ4v) is 3.50. The first-order valence-corrected chi connectivity index (χ1v) is 10.0. The van der Waals surface area contributed by atoms with Gasteiger partial charge in [-0.3, -0.25) is 4.79 Å². The number of hydrogen-bond acceptors (Lipinski definition) is 7. The van der Waals surface area contributed by atoms with Crippen molar-refractivity contribution in [3.8, 4) is 11.4 Å². The Balaban J connectivity index is 0.000000383. The van der Waals surface area contributed by atoms with Crippen LogP contribution in [-0.4, -0.2) is 76.3 Å². The van der Waals surface area contributed by atoms with Gasteiger partial charge < -0.3 is 23.8 Å². The van der Waals surface area contributed by atoms with Gasteiger partial charge in [0.1, 0.15) is 17.7 Å². The molecule has 0 spiro atoms. The summed E-state index contributed by atoms with van der Waals surface area (Å²) in [5.41, 5.74) is 2.48. The fourth-order valence-electron chi connectivity index (χ4n) is 3.50. The number of oxazole rings is 1. The average molecular weight is 468 g/mol. The lowest BCUT2D eigenvalue weighted by Crippen LogP contribution is -2.44. The Kier molecular flexibility index (Phi) is 7.06. The molecule has 4 rings (SSSR count).